The maximum Gasteiger partial charge on any atom is 0.495 e. The molecule has 9 nitrogen and oxygen atoms in total. The predicted molar refractivity (Wildman–Crippen MR) is 219 cm³/mol. The molecule has 0 saturated carbocycles. The minimum Gasteiger partial charge on any atom is -0.497 e. The van der Waals surface area contributed by atoms with Crippen molar-refractivity contribution in [1.82, 2.24) is 0 Å². The van der Waals surface area contributed by atoms with E-state index in [0.29, 0.717) is 27.8 Å². The van der Waals surface area contributed by atoms with Crippen molar-refractivity contribution in [2.45, 2.75) is 69.3 Å². The van der Waals surface area contributed by atoms with Crippen molar-refractivity contribution in [1.29, 1.82) is 0 Å². The SMILES string of the molecule is COc1ccc(C(OCC(COS(=O)(=O)c2ccc(C)cc2)Oc2ccc(B3OC(C)(C)C(C)(C)O3)c(C)c2Cl)(c2ccccc2)c2ccc(OC)cc2)cc1. The number of halogens is 1. The van der Waals surface area contributed by atoms with Crippen LogP contribution < -0.4 is 19.7 Å². The molecule has 1 unspecified atom stereocenters. The Morgan fingerprint density at radius 3 is 1.73 bits per heavy atom. The molecule has 0 spiro atoms. The van der Waals surface area contributed by atoms with E-state index in [1.807, 2.05) is 126 Å². The summed E-state index contributed by atoms with van der Waals surface area (Å²) in [5, 5.41) is 0.322. The molecule has 1 aliphatic rings. The molecule has 1 aliphatic heterocycles. The van der Waals surface area contributed by atoms with Gasteiger partial charge in [-0.1, -0.05) is 90.0 Å². The summed E-state index contributed by atoms with van der Waals surface area (Å²) >= 11 is 7.04. The number of benzene rings is 5. The first-order chi connectivity index (χ1) is 26.6. The van der Waals surface area contributed by atoms with Gasteiger partial charge in [0.15, 0.2) is 0 Å². The van der Waals surface area contributed by atoms with E-state index in [2.05, 4.69) is 0 Å². The largest absolute Gasteiger partial charge is 0.497 e. The zero-order valence-electron chi connectivity index (χ0n) is 33.0. The molecule has 1 atom stereocenters. The van der Waals surface area contributed by atoms with Crippen LogP contribution in [0.15, 0.2) is 120 Å². The number of rotatable bonds is 15. The van der Waals surface area contributed by atoms with Gasteiger partial charge in [-0.3, -0.25) is 4.18 Å². The molecule has 12 heteroatoms. The van der Waals surface area contributed by atoms with E-state index < -0.39 is 40.1 Å². The Balaban J connectivity index is 1.40. The molecule has 0 bridgehead atoms. The van der Waals surface area contributed by atoms with Crippen molar-refractivity contribution >= 4 is 34.3 Å². The third-order valence-electron chi connectivity index (χ3n) is 10.6. The van der Waals surface area contributed by atoms with Crippen LogP contribution >= 0.6 is 11.6 Å². The van der Waals surface area contributed by atoms with E-state index in [0.717, 1.165) is 27.7 Å². The van der Waals surface area contributed by atoms with Crippen LogP contribution in [0.2, 0.25) is 5.02 Å². The highest BCUT2D eigenvalue weighted by Gasteiger charge is 2.52. The lowest BCUT2D eigenvalue weighted by atomic mass is 9.76. The molecular weight excluding hydrogens is 751 g/mol. The summed E-state index contributed by atoms with van der Waals surface area (Å²) in [5.41, 5.74) is 2.48. The van der Waals surface area contributed by atoms with Crippen LogP contribution in [0.25, 0.3) is 0 Å². The van der Waals surface area contributed by atoms with Gasteiger partial charge in [-0.15, -0.1) is 0 Å². The minimum atomic E-state index is -4.18. The molecule has 6 rings (SSSR count). The van der Waals surface area contributed by atoms with Crippen molar-refractivity contribution in [3.8, 4) is 17.2 Å². The second kappa shape index (κ2) is 16.6. The Hall–Kier alpha value is -4.36. The predicted octanol–water partition coefficient (Wildman–Crippen LogP) is 8.43. The number of methoxy groups -OCH3 is 2. The summed E-state index contributed by atoms with van der Waals surface area (Å²) in [4.78, 5) is 0.0264. The maximum atomic E-state index is 13.5. The molecule has 294 valence electrons. The normalized spacial score (nSPS) is 15.7. The molecule has 0 radical (unpaired) electrons. The van der Waals surface area contributed by atoms with Crippen molar-refractivity contribution in [2.75, 3.05) is 27.4 Å². The molecule has 1 heterocycles. The third-order valence-corrected chi connectivity index (χ3v) is 12.3. The third kappa shape index (κ3) is 8.49. The summed E-state index contributed by atoms with van der Waals surface area (Å²) < 4.78 is 70.1. The van der Waals surface area contributed by atoms with Gasteiger partial charge in [-0.25, -0.2) is 0 Å². The Kier molecular flexibility index (Phi) is 12.3. The van der Waals surface area contributed by atoms with E-state index in [-0.39, 0.29) is 18.1 Å². The van der Waals surface area contributed by atoms with E-state index >= 15 is 0 Å². The average Bonchev–Trinajstić information content (AvgIpc) is 3.41. The van der Waals surface area contributed by atoms with Gasteiger partial charge in [0.05, 0.1) is 41.9 Å². The lowest BCUT2D eigenvalue weighted by Crippen LogP contribution is -2.41. The second-order valence-corrected chi connectivity index (χ2v) is 16.8. The molecule has 5 aromatic rings. The highest BCUT2D eigenvalue weighted by Crippen LogP contribution is 2.43. The van der Waals surface area contributed by atoms with Gasteiger partial charge in [0.1, 0.15) is 35.6 Å². The van der Waals surface area contributed by atoms with Crippen LogP contribution in [0, 0.1) is 13.8 Å². The Labute approximate surface area is 336 Å². The zero-order valence-corrected chi connectivity index (χ0v) is 34.6. The molecule has 1 saturated heterocycles. The van der Waals surface area contributed by atoms with Crippen LogP contribution in [0.3, 0.4) is 0 Å². The minimum absolute atomic E-state index is 0.0264. The average molecular weight is 799 g/mol. The molecule has 0 aliphatic carbocycles. The fourth-order valence-corrected chi connectivity index (χ4v) is 7.67. The van der Waals surface area contributed by atoms with Gasteiger partial charge in [0.2, 0.25) is 0 Å². The van der Waals surface area contributed by atoms with Crippen molar-refractivity contribution in [3.63, 3.8) is 0 Å². The van der Waals surface area contributed by atoms with Gasteiger partial charge in [-0.2, -0.15) is 8.42 Å². The summed E-state index contributed by atoms with van der Waals surface area (Å²) in [6, 6.07) is 35.1. The number of hydrogen-bond acceptors (Lipinski definition) is 9. The summed E-state index contributed by atoms with van der Waals surface area (Å²) in [6.07, 6.45) is -0.977. The Bertz CT molecular complexity index is 2150. The molecule has 0 aromatic heterocycles. The second-order valence-electron chi connectivity index (χ2n) is 14.8. The summed E-state index contributed by atoms with van der Waals surface area (Å²) in [5.74, 6) is 1.67. The molecule has 5 aromatic carbocycles. The number of aryl methyl sites for hydroxylation is 1. The van der Waals surface area contributed by atoms with E-state index in [4.69, 9.17) is 44.0 Å². The van der Waals surface area contributed by atoms with Crippen LogP contribution in [0.5, 0.6) is 17.2 Å². The lowest BCUT2D eigenvalue weighted by molar-refractivity contribution is -0.0405. The van der Waals surface area contributed by atoms with Crippen molar-refractivity contribution in [2.24, 2.45) is 0 Å². The number of hydrogen-bond donors (Lipinski definition) is 0. The first-order valence-electron chi connectivity index (χ1n) is 18.4. The van der Waals surface area contributed by atoms with Crippen molar-refractivity contribution in [3.05, 3.63) is 148 Å². The van der Waals surface area contributed by atoms with Crippen LogP contribution in [0.1, 0.15) is 55.5 Å². The molecule has 56 heavy (non-hydrogen) atoms. The Morgan fingerprint density at radius 1 is 0.696 bits per heavy atom. The van der Waals surface area contributed by atoms with Crippen LogP contribution in [0.4, 0.5) is 0 Å². The monoisotopic (exact) mass is 798 g/mol. The summed E-state index contributed by atoms with van der Waals surface area (Å²) in [6.45, 7) is 11.2. The number of ether oxygens (including phenoxy) is 4. The first-order valence-corrected chi connectivity index (χ1v) is 20.1. The maximum absolute atomic E-state index is 13.5. The summed E-state index contributed by atoms with van der Waals surface area (Å²) in [7, 11) is -1.60. The fraction of sp³-hybridized carbons (Fsp3) is 0.318. The lowest BCUT2D eigenvalue weighted by Gasteiger charge is -2.37. The van der Waals surface area contributed by atoms with Gasteiger partial charge in [0, 0.05) is 0 Å². The topological polar surface area (TPSA) is 98.8 Å². The van der Waals surface area contributed by atoms with Gasteiger partial charge < -0.3 is 28.3 Å². The van der Waals surface area contributed by atoms with Gasteiger partial charge >= 0.3 is 7.12 Å². The highest BCUT2D eigenvalue weighted by molar-refractivity contribution is 7.86. The van der Waals surface area contributed by atoms with Gasteiger partial charge in [0.25, 0.3) is 10.1 Å². The van der Waals surface area contributed by atoms with E-state index in [9.17, 15) is 8.42 Å². The zero-order chi connectivity index (χ0) is 40.3. The Morgan fingerprint density at radius 2 is 1.21 bits per heavy atom. The molecular formula is C44H48BClO9S. The van der Waals surface area contributed by atoms with Gasteiger partial charge in [-0.05, 0) is 112 Å². The fourth-order valence-electron chi connectivity index (χ4n) is 6.52. The first kappa shape index (κ1) is 41.3. The van der Waals surface area contributed by atoms with Crippen LogP contribution in [-0.2, 0) is 33.9 Å². The highest BCUT2D eigenvalue weighted by atomic mass is 35.5. The van der Waals surface area contributed by atoms with E-state index in [1.54, 1.807) is 32.4 Å². The smallest absolute Gasteiger partial charge is 0.495 e. The molecule has 1 fully saturated rings. The molecule has 0 amide bonds. The van der Waals surface area contributed by atoms with Crippen LogP contribution in [-0.4, -0.2) is 60.3 Å². The van der Waals surface area contributed by atoms with Crippen molar-refractivity contribution < 1.29 is 40.9 Å². The quantitative estimate of drug-likeness (QED) is 0.0587. The van der Waals surface area contributed by atoms with E-state index in [1.165, 1.54) is 12.1 Å². The standard InChI is InChI=1S/C44H48BClO9S/c1-30-14-24-38(25-15-30)56(47,48)52-29-37(53-40-27-26-39(31(2)41(40)46)45-54-42(3,4)43(5,6)55-45)28-51-44(32-12-10-9-11-13-32,33-16-20-35(49-7)21-17-33)34-18-22-36(50-8)23-19-34/h9-27,37H,28-29H2,1-8H3. The molecule has 0 N–H and O–H groups in total.